The molecule has 0 spiro atoms. The van der Waals surface area contributed by atoms with Gasteiger partial charge in [0.2, 0.25) is 0 Å². The van der Waals surface area contributed by atoms with Crippen LogP contribution in [0.15, 0.2) is 77.6 Å². The molecule has 1 heterocycles. The van der Waals surface area contributed by atoms with Crippen molar-refractivity contribution in [1.29, 1.82) is 0 Å². The third-order valence-electron chi connectivity index (χ3n) is 4.77. The fourth-order valence-electron chi connectivity index (χ4n) is 3.24. The summed E-state index contributed by atoms with van der Waals surface area (Å²) in [7, 11) is 1.48. The molecule has 1 amide bonds. The van der Waals surface area contributed by atoms with E-state index >= 15 is 0 Å². The molecule has 0 radical (unpaired) electrons. The molecule has 162 valence electrons. The number of amides is 1. The fourth-order valence-corrected chi connectivity index (χ4v) is 3.24. The Morgan fingerprint density at radius 1 is 0.969 bits per heavy atom. The van der Waals surface area contributed by atoms with Crippen LogP contribution in [0.2, 0.25) is 0 Å². The van der Waals surface area contributed by atoms with Crippen LogP contribution in [-0.4, -0.2) is 22.8 Å². The Morgan fingerprint density at radius 3 is 2.41 bits per heavy atom. The lowest BCUT2D eigenvalue weighted by Crippen LogP contribution is -2.26. The Morgan fingerprint density at radius 2 is 1.69 bits per heavy atom. The summed E-state index contributed by atoms with van der Waals surface area (Å²) in [5.41, 5.74) is -1.14. The van der Waals surface area contributed by atoms with Gasteiger partial charge >= 0.3 is 6.18 Å². The molecule has 0 aliphatic carbocycles. The van der Waals surface area contributed by atoms with Crippen molar-refractivity contribution in [2.24, 2.45) is 0 Å². The lowest BCUT2D eigenvalue weighted by molar-refractivity contribution is -0.137. The highest BCUT2D eigenvalue weighted by Gasteiger charge is 2.30. The number of anilines is 1. The first kappa shape index (κ1) is 21.1. The topological polar surface area (TPSA) is 73.2 Å². The van der Waals surface area contributed by atoms with Gasteiger partial charge < -0.3 is 10.1 Å². The summed E-state index contributed by atoms with van der Waals surface area (Å²) in [6.07, 6.45) is -4.55. The second kappa shape index (κ2) is 8.18. The molecule has 0 saturated heterocycles. The summed E-state index contributed by atoms with van der Waals surface area (Å²) in [4.78, 5) is 26.0. The number of rotatable bonds is 4. The van der Waals surface area contributed by atoms with Crippen molar-refractivity contribution in [1.82, 2.24) is 9.78 Å². The first-order chi connectivity index (χ1) is 15.3. The second-order valence-corrected chi connectivity index (χ2v) is 6.85. The van der Waals surface area contributed by atoms with E-state index in [0.29, 0.717) is 11.4 Å². The number of methoxy groups -OCH3 is 1. The molecule has 0 atom stereocenters. The molecule has 1 N–H and O–H groups in total. The van der Waals surface area contributed by atoms with E-state index in [2.05, 4.69) is 10.4 Å². The van der Waals surface area contributed by atoms with Gasteiger partial charge in [-0.25, -0.2) is 0 Å². The van der Waals surface area contributed by atoms with Crippen LogP contribution in [0.25, 0.3) is 16.5 Å². The Hall–Kier alpha value is -4.14. The van der Waals surface area contributed by atoms with Gasteiger partial charge in [0.1, 0.15) is 5.75 Å². The fraction of sp³-hybridized carbons (Fsp3) is 0.0870. The van der Waals surface area contributed by atoms with Crippen molar-refractivity contribution in [3.8, 4) is 11.4 Å². The number of aromatic nitrogens is 2. The largest absolute Gasteiger partial charge is 0.497 e. The lowest BCUT2D eigenvalue weighted by atomic mass is 10.1. The SMILES string of the molecule is COc1cccc(-n2nc(C(=O)Nc3cccc(C(F)(F)F)c3)c3ccccc3c2=O)c1. The molecule has 9 heteroatoms. The monoisotopic (exact) mass is 439 g/mol. The third kappa shape index (κ3) is 4.04. The number of benzene rings is 3. The van der Waals surface area contributed by atoms with Crippen molar-refractivity contribution in [3.63, 3.8) is 0 Å². The maximum Gasteiger partial charge on any atom is 0.416 e. The summed E-state index contributed by atoms with van der Waals surface area (Å²) in [6.45, 7) is 0. The van der Waals surface area contributed by atoms with Crippen LogP contribution < -0.4 is 15.6 Å². The molecule has 0 aliphatic heterocycles. The van der Waals surface area contributed by atoms with Gasteiger partial charge in [-0.05, 0) is 36.4 Å². The number of fused-ring (bicyclic) bond motifs is 1. The van der Waals surface area contributed by atoms with Gasteiger partial charge in [-0.1, -0.05) is 30.3 Å². The maximum absolute atomic E-state index is 13.0. The zero-order valence-electron chi connectivity index (χ0n) is 16.7. The molecule has 0 aliphatic rings. The predicted octanol–water partition coefficient (Wildman–Crippen LogP) is 4.67. The minimum absolute atomic E-state index is 0.0464. The Labute approximate surface area is 179 Å². The van der Waals surface area contributed by atoms with Crippen LogP contribution in [0.3, 0.4) is 0 Å². The van der Waals surface area contributed by atoms with Gasteiger partial charge in [0.05, 0.1) is 23.7 Å². The van der Waals surface area contributed by atoms with Crippen molar-refractivity contribution >= 4 is 22.4 Å². The number of carbonyl (C=O) groups excluding carboxylic acids is 1. The van der Waals surface area contributed by atoms with Crippen LogP contribution >= 0.6 is 0 Å². The van der Waals surface area contributed by atoms with E-state index in [1.165, 1.54) is 19.2 Å². The first-order valence-corrected chi connectivity index (χ1v) is 9.43. The number of nitrogens with one attached hydrogen (secondary N) is 1. The van der Waals surface area contributed by atoms with Crippen molar-refractivity contribution in [2.45, 2.75) is 6.18 Å². The molecular weight excluding hydrogens is 423 g/mol. The predicted molar refractivity (Wildman–Crippen MR) is 113 cm³/mol. The Kier molecular flexibility index (Phi) is 5.40. The molecule has 4 aromatic rings. The highest BCUT2D eigenvalue weighted by atomic mass is 19.4. The Bertz CT molecular complexity index is 1380. The lowest BCUT2D eigenvalue weighted by Gasteiger charge is -2.13. The molecule has 3 aromatic carbocycles. The minimum Gasteiger partial charge on any atom is -0.497 e. The molecule has 32 heavy (non-hydrogen) atoms. The van der Waals surface area contributed by atoms with Crippen LogP contribution in [0.1, 0.15) is 16.1 Å². The van der Waals surface area contributed by atoms with Gasteiger partial charge in [0.15, 0.2) is 5.69 Å². The van der Waals surface area contributed by atoms with Gasteiger partial charge in [0.25, 0.3) is 11.5 Å². The van der Waals surface area contributed by atoms with E-state index in [1.54, 1.807) is 48.5 Å². The molecule has 0 unspecified atom stereocenters. The number of hydrogen-bond acceptors (Lipinski definition) is 4. The first-order valence-electron chi connectivity index (χ1n) is 9.43. The van der Waals surface area contributed by atoms with Crippen LogP contribution in [0.5, 0.6) is 5.75 Å². The molecule has 0 fully saturated rings. The number of hydrogen-bond donors (Lipinski definition) is 1. The van der Waals surface area contributed by atoms with Gasteiger partial charge in [-0.2, -0.15) is 23.0 Å². The van der Waals surface area contributed by atoms with E-state index in [1.807, 2.05) is 0 Å². The van der Waals surface area contributed by atoms with Gasteiger partial charge in [-0.3, -0.25) is 9.59 Å². The highest BCUT2D eigenvalue weighted by Crippen LogP contribution is 2.31. The van der Waals surface area contributed by atoms with E-state index in [0.717, 1.165) is 16.8 Å². The minimum atomic E-state index is -4.55. The summed E-state index contributed by atoms with van der Waals surface area (Å²) in [5, 5.41) is 7.18. The average Bonchev–Trinajstić information content (AvgIpc) is 2.79. The number of halogens is 3. The summed E-state index contributed by atoms with van der Waals surface area (Å²) in [6, 6.07) is 17.2. The zero-order valence-corrected chi connectivity index (χ0v) is 16.7. The Balaban J connectivity index is 1.82. The van der Waals surface area contributed by atoms with E-state index in [-0.39, 0.29) is 22.2 Å². The standard InChI is InChI=1S/C23H16F3N3O3/c1-32-17-9-5-8-16(13-17)29-22(31)19-11-3-2-10-18(19)20(28-29)21(30)27-15-7-4-6-14(12-15)23(24,25)26/h2-13H,1H3,(H,27,30). The van der Waals surface area contributed by atoms with Gasteiger partial charge in [-0.15, -0.1) is 0 Å². The van der Waals surface area contributed by atoms with E-state index < -0.39 is 23.2 Å². The number of nitrogens with zero attached hydrogens (tertiary/aromatic N) is 2. The molecule has 0 bridgehead atoms. The normalized spacial score (nSPS) is 11.4. The quantitative estimate of drug-likeness (QED) is 0.502. The second-order valence-electron chi connectivity index (χ2n) is 6.85. The van der Waals surface area contributed by atoms with E-state index in [9.17, 15) is 22.8 Å². The van der Waals surface area contributed by atoms with E-state index in [4.69, 9.17) is 4.74 Å². The number of alkyl halides is 3. The maximum atomic E-state index is 13.0. The molecule has 0 saturated carbocycles. The summed E-state index contributed by atoms with van der Waals surface area (Å²) < 4.78 is 45.3. The zero-order chi connectivity index (χ0) is 22.9. The highest BCUT2D eigenvalue weighted by molar-refractivity contribution is 6.11. The molecular formula is C23H16F3N3O3. The number of ether oxygens (including phenoxy) is 1. The third-order valence-corrected chi connectivity index (χ3v) is 4.77. The van der Waals surface area contributed by atoms with Gasteiger partial charge in [0, 0.05) is 17.1 Å². The van der Waals surface area contributed by atoms with Crippen LogP contribution in [0, 0.1) is 0 Å². The van der Waals surface area contributed by atoms with Crippen LogP contribution in [0.4, 0.5) is 18.9 Å². The van der Waals surface area contributed by atoms with Crippen molar-refractivity contribution in [3.05, 3.63) is 94.4 Å². The molecule has 6 nitrogen and oxygen atoms in total. The number of carbonyl (C=O) groups is 1. The van der Waals surface area contributed by atoms with Crippen LogP contribution in [-0.2, 0) is 6.18 Å². The summed E-state index contributed by atoms with van der Waals surface area (Å²) in [5.74, 6) is -0.267. The van der Waals surface area contributed by atoms with Crippen molar-refractivity contribution < 1.29 is 22.7 Å². The average molecular weight is 439 g/mol. The molecule has 4 rings (SSSR count). The smallest absolute Gasteiger partial charge is 0.416 e. The summed E-state index contributed by atoms with van der Waals surface area (Å²) >= 11 is 0. The van der Waals surface area contributed by atoms with Crippen molar-refractivity contribution in [2.75, 3.05) is 12.4 Å². The molecule has 1 aromatic heterocycles.